The Morgan fingerprint density at radius 3 is 2.29 bits per heavy atom. The third-order valence-electron chi connectivity index (χ3n) is 4.79. The summed E-state index contributed by atoms with van der Waals surface area (Å²) in [6.07, 6.45) is 0. The number of hydrogen-bond acceptors (Lipinski definition) is 7. The Balaban J connectivity index is 1.86. The molecule has 1 N–H and O–H groups in total. The first kappa shape index (κ1) is 20.2. The van der Waals surface area contributed by atoms with Gasteiger partial charge in [0.2, 0.25) is 5.75 Å². The van der Waals surface area contributed by atoms with Crippen molar-refractivity contribution in [3.63, 3.8) is 0 Å². The molecule has 0 aliphatic heterocycles. The average molecular weight is 419 g/mol. The molecule has 4 rings (SSSR count). The number of ether oxygens (including phenoxy) is 3. The molecule has 2 heterocycles. The van der Waals surface area contributed by atoms with E-state index in [-0.39, 0.29) is 5.91 Å². The van der Waals surface area contributed by atoms with Crippen LogP contribution in [0.3, 0.4) is 0 Å². The molecular weight excluding hydrogens is 398 g/mol. The number of carbonyl (C=O) groups is 1. The predicted molar refractivity (Wildman–Crippen MR) is 116 cm³/mol. The SMILES string of the molecule is COc1cc(-c2cc(C(=O)Nc3cc(C)on3)c3ccccc3n2)cc(OC)c1OC. The molecule has 0 aliphatic rings. The van der Waals surface area contributed by atoms with E-state index in [4.69, 9.17) is 23.7 Å². The highest BCUT2D eigenvalue weighted by atomic mass is 16.5. The minimum atomic E-state index is -0.319. The van der Waals surface area contributed by atoms with Crippen LogP contribution in [-0.4, -0.2) is 37.4 Å². The van der Waals surface area contributed by atoms with Crippen LogP contribution in [0.25, 0.3) is 22.2 Å². The largest absolute Gasteiger partial charge is 0.493 e. The van der Waals surface area contributed by atoms with Gasteiger partial charge in [-0.05, 0) is 31.2 Å². The van der Waals surface area contributed by atoms with Crippen molar-refractivity contribution in [3.05, 3.63) is 59.9 Å². The van der Waals surface area contributed by atoms with Gasteiger partial charge in [-0.15, -0.1) is 0 Å². The van der Waals surface area contributed by atoms with Gasteiger partial charge < -0.3 is 24.1 Å². The van der Waals surface area contributed by atoms with Crippen LogP contribution < -0.4 is 19.5 Å². The van der Waals surface area contributed by atoms with E-state index in [9.17, 15) is 4.79 Å². The number of anilines is 1. The van der Waals surface area contributed by atoms with E-state index in [0.717, 1.165) is 5.39 Å². The first-order valence-corrected chi connectivity index (χ1v) is 9.49. The highest BCUT2D eigenvalue weighted by molar-refractivity contribution is 6.12. The van der Waals surface area contributed by atoms with E-state index < -0.39 is 0 Å². The minimum absolute atomic E-state index is 0.319. The maximum Gasteiger partial charge on any atom is 0.257 e. The third-order valence-corrected chi connectivity index (χ3v) is 4.79. The van der Waals surface area contributed by atoms with Crippen molar-refractivity contribution in [3.8, 4) is 28.5 Å². The lowest BCUT2D eigenvalue weighted by Crippen LogP contribution is -2.13. The van der Waals surface area contributed by atoms with Crippen molar-refractivity contribution < 1.29 is 23.5 Å². The Kier molecular flexibility index (Phi) is 5.44. The van der Waals surface area contributed by atoms with Crippen LogP contribution in [0.15, 0.2) is 53.1 Å². The van der Waals surface area contributed by atoms with Crippen molar-refractivity contribution in [1.82, 2.24) is 10.1 Å². The molecule has 0 saturated heterocycles. The molecule has 0 unspecified atom stereocenters. The lowest BCUT2D eigenvalue weighted by Gasteiger charge is -2.15. The molecule has 0 spiro atoms. The van der Waals surface area contributed by atoms with Crippen LogP contribution in [0, 0.1) is 6.92 Å². The summed E-state index contributed by atoms with van der Waals surface area (Å²) in [6, 6.07) is 14.4. The van der Waals surface area contributed by atoms with Gasteiger partial charge in [0, 0.05) is 17.0 Å². The maximum absolute atomic E-state index is 13.1. The molecule has 0 saturated carbocycles. The summed E-state index contributed by atoms with van der Waals surface area (Å²) in [6.45, 7) is 1.76. The van der Waals surface area contributed by atoms with Gasteiger partial charge in [0.05, 0.1) is 38.1 Å². The van der Waals surface area contributed by atoms with E-state index in [1.807, 2.05) is 24.3 Å². The van der Waals surface area contributed by atoms with Gasteiger partial charge in [-0.1, -0.05) is 23.4 Å². The Morgan fingerprint density at radius 2 is 1.68 bits per heavy atom. The number of amides is 1. The number of nitrogens with one attached hydrogen (secondary N) is 1. The number of pyridine rings is 1. The summed E-state index contributed by atoms with van der Waals surface area (Å²) < 4.78 is 21.4. The van der Waals surface area contributed by atoms with Crippen LogP contribution >= 0.6 is 0 Å². The number of para-hydroxylation sites is 1. The number of rotatable bonds is 6. The van der Waals surface area contributed by atoms with Gasteiger partial charge in [-0.3, -0.25) is 4.79 Å². The van der Waals surface area contributed by atoms with Gasteiger partial charge >= 0.3 is 0 Å². The highest BCUT2D eigenvalue weighted by Crippen LogP contribution is 2.41. The van der Waals surface area contributed by atoms with Crippen molar-refractivity contribution in [1.29, 1.82) is 0 Å². The predicted octanol–water partition coefficient (Wildman–Crippen LogP) is 4.48. The van der Waals surface area contributed by atoms with Crippen molar-refractivity contribution >= 4 is 22.6 Å². The molecule has 0 bridgehead atoms. The Bertz CT molecular complexity index is 1240. The van der Waals surface area contributed by atoms with Crippen molar-refractivity contribution in [2.45, 2.75) is 6.92 Å². The van der Waals surface area contributed by atoms with Crippen LogP contribution in [0.4, 0.5) is 5.82 Å². The first-order chi connectivity index (χ1) is 15.0. The molecular formula is C23H21N3O5. The van der Waals surface area contributed by atoms with Gasteiger partial charge in [0.1, 0.15) is 5.76 Å². The Morgan fingerprint density at radius 1 is 0.968 bits per heavy atom. The number of methoxy groups -OCH3 is 3. The smallest absolute Gasteiger partial charge is 0.257 e. The second-order valence-electron chi connectivity index (χ2n) is 6.76. The lowest BCUT2D eigenvalue weighted by molar-refractivity contribution is 0.102. The molecule has 0 fully saturated rings. The molecule has 0 atom stereocenters. The van der Waals surface area contributed by atoms with Crippen molar-refractivity contribution in [2.24, 2.45) is 0 Å². The highest BCUT2D eigenvalue weighted by Gasteiger charge is 2.19. The van der Waals surface area contributed by atoms with Crippen LogP contribution in [0.5, 0.6) is 17.2 Å². The summed E-state index contributed by atoms with van der Waals surface area (Å²) in [4.78, 5) is 17.8. The number of benzene rings is 2. The molecule has 158 valence electrons. The maximum atomic E-state index is 13.1. The summed E-state index contributed by atoms with van der Waals surface area (Å²) >= 11 is 0. The van der Waals surface area contributed by atoms with E-state index >= 15 is 0 Å². The topological polar surface area (TPSA) is 95.7 Å². The van der Waals surface area contributed by atoms with E-state index in [1.54, 1.807) is 52.5 Å². The van der Waals surface area contributed by atoms with Gasteiger partial charge in [0.15, 0.2) is 17.3 Å². The summed E-state index contributed by atoms with van der Waals surface area (Å²) in [5.74, 6) is 2.10. The molecule has 8 heteroatoms. The quantitative estimate of drug-likeness (QED) is 0.492. The zero-order valence-corrected chi connectivity index (χ0v) is 17.6. The number of fused-ring (bicyclic) bond motifs is 1. The number of aromatic nitrogens is 2. The van der Waals surface area contributed by atoms with Crippen LogP contribution in [0.2, 0.25) is 0 Å². The van der Waals surface area contributed by atoms with Gasteiger partial charge in [-0.25, -0.2) is 4.98 Å². The molecule has 2 aromatic heterocycles. The normalized spacial score (nSPS) is 10.7. The minimum Gasteiger partial charge on any atom is -0.493 e. The Labute approximate surface area is 178 Å². The van der Waals surface area contributed by atoms with Gasteiger partial charge in [0.25, 0.3) is 5.91 Å². The molecule has 2 aromatic carbocycles. The number of nitrogens with zero attached hydrogens (tertiary/aromatic N) is 2. The Hall–Kier alpha value is -4.07. The van der Waals surface area contributed by atoms with E-state index in [2.05, 4.69) is 10.5 Å². The summed E-state index contributed by atoms with van der Waals surface area (Å²) in [7, 11) is 4.64. The second kappa shape index (κ2) is 8.35. The fourth-order valence-corrected chi connectivity index (χ4v) is 3.35. The molecule has 4 aromatic rings. The van der Waals surface area contributed by atoms with E-state index in [1.165, 1.54) is 0 Å². The summed E-state index contributed by atoms with van der Waals surface area (Å²) in [5.41, 5.74) is 2.43. The average Bonchev–Trinajstić information content (AvgIpc) is 3.21. The lowest BCUT2D eigenvalue weighted by atomic mass is 10.0. The van der Waals surface area contributed by atoms with Gasteiger partial charge in [-0.2, -0.15) is 0 Å². The zero-order chi connectivity index (χ0) is 22.0. The first-order valence-electron chi connectivity index (χ1n) is 9.49. The van der Waals surface area contributed by atoms with Crippen LogP contribution in [-0.2, 0) is 0 Å². The number of hydrogen-bond donors (Lipinski definition) is 1. The molecule has 8 nitrogen and oxygen atoms in total. The standard InChI is InChI=1S/C23H21N3O5/c1-13-9-21(26-31-13)25-23(27)16-12-18(24-17-8-6-5-7-15(16)17)14-10-19(28-2)22(30-4)20(11-14)29-3/h5-12H,1-4H3,(H,25,26,27). The van der Waals surface area contributed by atoms with Crippen LogP contribution in [0.1, 0.15) is 16.1 Å². The second-order valence-corrected chi connectivity index (χ2v) is 6.76. The van der Waals surface area contributed by atoms with Crippen molar-refractivity contribution in [2.75, 3.05) is 26.6 Å². The molecule has 0 radical (unpaired) electrons. The molecule has 0 aliphatic carbocycles. The molecule has 31 heavy (non-hydrogen) atoms. The summed E-state index contributed by atoms with van der Waals surface area (Å²) in [5, 5.41) is 7.33. The fourth-order valence-electron chi connectivity index (χ4n) is 3.35. The monoisotopic (exact) mass is 419 g/mol. The zero-order valence-electron chi connectivity index (χ0n) is 17.6. The third kappa shape index (κ3) is 3.87. The fraction of sp³-hybridized carbons (Fsp3) is 0.174. The van der Waals surface area contributed by atoms with E-state index in [0.29, 0.717) is 51.2 Å². The number of aryl methyl sites for hydroxylation is 1. The number of carbonyl (C=O) groups excluding carboxylic acids is 1. The molecule has 1 amide bonds.